The number of sulfonamides is 1. The average Bonchev–Trinajstić information content (AvgIpc) is 2.73. The van der Waals surface area contributed by atoms with Crippen LogP contribution in [-0.4, -0.2) is 93.8 Å². The number of carbonyl (C=O) groups is 1. The van der Waals surface area contributed by atoms with Crippen molar-refractivity contribution in [2.45, 2.75) is 17.7 Å². The van der Waals surface area contributed by atoms with Crippen molar-refractivity contribution in [2.24, 2.45) is 5.92 Å². The SMILES string of the molecule is CN1CCN(S(=O)(=O)c2ccc(N3CCC(C(=O)N(C)C)CC3)c([N+](=O)[O-])c2)CC1. The summed E-state index contributed by atoms with van der Waals surface area (Å²) in [7, 11) is 1.59. The molecule has 2 fully saturated rings. The van der Waals surface area contributed by atoms with E-state index in [1.165, 1.54) is 22.5 Å². The molecule has 0 aromatic heterocycles. The summed E-state index contributed by atoms with van der Waals surface area (Å²) in [6.45, 7) is 2.99. The fraction of sp³-hybridized carbons (Fsp3) is 0.632. The van der Waals surface area contributed by atoms with Crippen LogP contribution in [0.1, 0.15) is 12.8 Å². The van der Waals surface area contributed by atoms with Crippen molar-refractivity contribution in [3.05, 3.63) is 28.3 Å². The maximum atomic E-state index is 13.0. The number of nitro benzene ring substituents is 1. The monoisotopic (exact) mass is 439 g/mol. The first-order valence-electron chi connectivity index (χ1n) is 10.0. The summed E-state index contributed by atoms with van der Waals surface area (Å²) < 4.78 is 27.3. The number of benzene rings is 1. The molecule has 10 nitrogen and oxygen atoms in total. The number of hydrogen-bond donors (Lipinski definition) is 0. The topological polar surface area (TPSA) is 107 Å². The number of amides is 1. The molecule has 0 N–H and O–H groups in total. The Balaban J connectivity index is 1.81. The molecule has 0 spiro atoms. The number of hydrogen-bond acceptors (Lipinski definition) is 7. The second kappa shape index (κ2) is 8.86. The largest absolute Gasteiger partial charge is 0.366 e. The summed E-state index contributed by atoms with van der Waals surface area (Å²) in [6.07, 6.45) is 1.21. The number of carbonyl (C=O) groups excluding carboxylic acids is 1. The van der Waals surface area contributed by atoms with Gasteiger partial charge in [-0.2, -0.15) is 4.31 Å². The van der Waals surface area contributed by atoms with Gasteiger partial charge in [0.05, 0.1) is 9.82 Å². The van der Waals surface area contributed by atoms with Gasteiger partial charge in [0, 0.05) is 65.3 Å². The van der Waals surface area contributed by atoms with Gasteiger partial charge in [-0.1, -0.05) is 0 Å². The number of piperazine rings is 1. The molecule has 2 aliphatic heterocycles. The van der Waals surface area contributed by atoms with Crippen LogP contribution in [0.4, 0.5) is 11.4 Å². The first kappa shape index (κ1) is 22.4. The molecule has 1 amide bonds. The van der Waals surface area contributed by atoms with E-state index in [-0.39, 0.29) is 22.4 Å². The molecule has 2 heterocycles. The van der Waals surface area contributed by atoms with Gasteiger partial charge in [-0.05, 0) is 32.0 Å². The van der Waals surface area contributed by atoms with Gasteiger partial charge in [0.15, 0.2) is 0 Å². The molecule has 1 aromatic rings. The molecule has 166 valence electrons. The van der Waals surface area contributed by atoms with Gasteiger partial charge in [0.25, 0.3) is 5.69 Å². The van der Waals surface area contributed by atoms with E-state index in [1.54, 1.807) is 19.0 Å². The number of anilines is 1. The van der Waals surface area contributed by atoms with Crippen molar-refractivity contribution < 1.29 is 18.1 Å². The van der Waals surface area contributed by atoms with E-state index in [4.69, 9.17) is 0 Å². The second-order valence-electron chi connectivity index (χ2n) is 8.11. The Morgan fingerprint density at radius 3 is 2.23 bits per heavy atom. The minimum absolute atomic E-state index is 0.0554. The molecule has 2 aliphatic rings. The summed E-state index contributed by atoms with van der Waals surface area (Å²) in [5, 5.41) is 11.7. The van der Waals surface area contributed by atoms with E-state index in [0.717, 1.165) is 0 Å². The highest BCUT2D eigenvalue weighted by Gasteiger charge is 2.32. The fourth-order valence-corrected chi connectivity index (χ4v) is 5.43. The predicted octanol–water partition coefficient (Wildman–Crippen LogP) is 0.836. The molecule has 0 atom stereocenters. The molecule has 0 radical (unpaired) electrons. The van der Waals surface area contributed by atoms with Gasteiger partial charge >= 0.3 is 0 Å². The Bertz CT molecular complexity index is 904. The first-order chi connectivity index (χ1) is 14.1. The van der Waals surface area contributed by atoms with Crippen LogP contribution in [-0.2, 0) is 14.8 Å². The Morgan fingerprint density at radius 2 is 1.70 bits per heavy atom. The lowest BCUT2D eigenvalue weighted by molar-refractivity contribution is -0.384. The molecule has 0 bridgehead atoms. The maximum Gasteiger partial charge on any atom is 0.293 e. The third-order valence-corrected chi connectivity index (χ3v) is 7.76. The standard InChI is InChI=1S/C19H29N5O5S/c1-20(2)19(25)15-6-8-22(9-7-15)17-5-4-16(14-18(17)24(26)27)30(28,29)23-12-10-21(3)11-13-23/h4-5,14-15H,6-13H2,1-3H3. The van der Waals surface area contributed by atoms with E-state index in [9.17, 15) is 23.3 Å². The van der Waals surface area contributed by atoms with Crippen LogP contribution in [0.15, 0.2) is 23.1 Å². The highest BCUT2D eigenvalue weighted by molar-refractivity contribution is 7.89. The molecular formula is C19H29N5O5S. The highest BCUT2D eigenvalue weighted by atomic mass is 32.2. The van der Waals surface area contributed by atoms with Crippen LogP contribution < -0.4 is 4.90 Å². The van der Waals surface area contributed by atoms with E-state index in [1.807, 2.05) is 16.8 Å². The zero-order valence-corrected chi connectivity index (χ0v) is 18.5. The van der Waals surface area contributed by atoms with E-state index in [0.29, 0.717) is 57.8 Å². The highest BCUT2D eigenvalue weighted by Crippen LogP contribution is 2.34. The number of rotatable bonds is 5. The van der Waals surface area contributed by atoms with Crippen LogP contribution in [0, 0.1) is 16.0 Å². The zero-order valence-electron chi connectivity index (χ0n) is 17.7. The Hall–Kier alpha value is -2.24. The minimum Gasteiger partial charge on any atom is -0.366 e. The van der Waals surface area contributed by atoms with E-state index in [2.05, 4.69) is 0 Å². The van der Waals surface area contributed by atoms with Crippen molar-refractivity contribution in [1.29, 1.82) is 0 Å². The maximum absolute atomic E-state index is 13.0. The smallest absolute Gasteiger partial charge is 0.293 e. The van der Waals surface area contributed by atoms with Crippen LogP contribution in [0.2, 0.25) is 0 Å². The quantitative estimate of drug-likeness (QED) is 0.494. The van der Waals surface area contributed by atoms with Crippen LogP contribution >= 0.6 is 0 Å². The fourth-order valence-electron chi connectivity index (χ4n) is 3.99. The molecule has 2 saturated heterocycles. The number of piperidine rings is 1. The average molecular weight is 440 g/mol. The predicted molar refractivity (Wildman–Crippen MR) is 113 cm³/mol. The lowest BCUT2D eigenvalue weighted by Gasteiger charge is -2.34. The molecule has 11 heteroatoms. The lowest BCUT2D eigenvalue weighted by Crippen LogP contribution is -2.47. The van der Waals surface area contributed by atoms with Gasteiger partial charge in [-0.15, -0.1) is 0 Å². The summed E-state index contributed by atoms with van der Waals surface area (Å²) in [5.74, 6) is -0.0232. The first-order valence-corrected chi connectivity index (χ1v) is 11.5. The van der Waals surface area contributed by atoms with E-state index < -0.39 is 14.9 Å². The number of nitro groups is 1. The van der Waals surface area contributed by atoms with Gasteiger partial charge < -0.3 is 14.7 Å². The second-order valence-corrected chi connectivity index (χ2v) is 10.0. The van der Waals surface area contributed by atoms with Crippen molar-refractivity contribution in [2.75, 3.05) is 65.3 Å². The molecular weight excluding hydrogens is 410 g/mol. The number of likely N-dealkylation sites (N-methyl/N-ethyl adjacent to an activating group) is 1. The van der Waals surface area contributed by atoms with Crippen LogP contribution in [0.3, 0.4) is 0 Å². The third-order valence-electron chi connectivity index (χ3n) is 5.87. The molecule has 0 unspecified atom stereocenters. The van der Waals surface area contributed by atoms with Gasteiger partial charge in [0.1, 0.15) is 5.69 Å². The van der Waals surface area contributed by atoms with Crippen molar-refractivity contribution >= 4 is 27.3 Å². The zero-order chi connectivity index (χ0) is 22.1. The molecule has 1 aromatic carbocycles. The minimum atomic E-state index is -3.78. The van der Waals surface area contributed by atoms with Gasteiger partial charge in [0.2, 0.25) is 15.9 Å². The lowest BCUT2D eigenvalue weighted by atomic mass is 9.95. The molecule has 0 aliphatic carbocycles. The van der Waals surface area contributed by atoms with Crippen molar-refractivity contribution in [3.8, 4) is 0 Å². The third kappa shape index (κ3) is 4.57. The summed E-state index contributed by atoms with van der Waals surface area (Å²) in [6, 6.07) is 4.14. The van der Waals surface area contributed by atoms with E-state index >= 15 is 0 Å². The Morgan fingerprint density at radius 1 is 1.10 bits per heavy atom. The summed E-state index contributed by atoms with van der Waals surface area (Å²) in [4.78, 5) is 28.8. The van der Waals surface area contributed by atoms with Crippen LogP contribution in [0.25, 0.3) is 0 Å². The van der Waals surface area contributed by atoms with Crippen molar-refractivity contribution in [1.82, 2.24) is 14.1 Å². The van der Waals surface area contributed by atoms with Gasteiger partial charge in [-0.25, -0.2) is 8.42 Å². The van der Waals surface area contributed by atoms with Gasteiger partial charge in [-0.3, -0.25) is 14.9 Å². The Kier molecular flexibility index (Phi) is 6.63. The molecule has 0 saturated carbocycles. The van der Waals surface area contributed by atoms with Crippen LogP contribution in [0.5, 0.6) is 0 Å². The normalized spacial score (nSPS) is 19.6. The molecule has 30 heavy (non-hydrogen) atoms. The Labute approximate surface area is 177 Å². The summed E-state index contributed by atoms with van der Waals surface area (Å²) >= 11 is 0. The summed E-state index contributed by atoms with van der Waals surface area (Å²) in [5.41, 5.74) is 0.177. The number of nitrogens with zero attached hydrogens (tertiary/aromatic N) is 5. The molecule has 3 rings (SSSR count). The van der Waals surface area contributed by atoms with Crippen molar-refractivity contribution in [3.63, 3.8) is 0 Å².